The first-order valence-electron chi connectivity index (χ1n) is 7.05. The van der Waals surface area contributed by atoms with Crippen LogP contribution in [0.3, 0.4) is 0 Å². The van der Waals surface area contributed by atoms with Gasteiger partial charge in [0.05, 0.1) is 0 Å². The van der Waals surface area contributed by atoms with Crippen LogP contribution >= 0.6 is 0 Å². The molecule has 18 heavy (non-hydrogen) atoms. The number of likely N-dealkylation sites (N-methyl/N-ethyl adjacent to an activating group) is 1. The van der Waals surface area contributed by atoms with Gasteiger partial charge in [-0.2, -0.15) is 0 Å². The second-order valence-electron chi connectivity index (χ2n) is 5.18. The van der Waals surface area contributed by atoms with Crippen LogP contribution in [0.15, 0.2) is 24.3 Å². The van der Waals surface area contributed by atoms with Gasteiger partial charge >= 0.3 is 0 Å². The Hall–Kier alpha value is -0.860. The molecular formula is C16H27NO. The van der Waals surface area contributed by atoms with E-state index in [0.29, 0.717) is 5.92 Å². The fourth-order valence-corrected chi connectivity index (χ4v) is 2.02. The molecule has 1 N–H and O–H groups in total. The van der Waals surface area contributed by atoms with Gasteiger partial charge < -0.3 is 10.0 Å². The lowest BCUT2D eigenvalue weighted by Crippen LogP contribution is -2.23. The number of aliphatic hydroxyl groups is 1. The van der Waals surface area contributed by atoms with E-state index in [1.54, 1.807) is 0 Å². The molecule has 0 aromatic heterocycles. The Morgan fingerprint density at radius 1 is 1.17 bits per heavy atom. The van der Waals surface area contributed by atoms with Crippen molar-refractivity contribution in [3.63, 3.8) is 0 Å². The highest BCUT2D eigenvalue weighted by Crippen LogP contribution is 2.18. The molecule has 0 bridgehead atoms. The summed E-state index contributed by atoms with van der Waals surface area (Å²) in [5, 5.41) is 8.78. The molecule has 1 aromatic rings. The van der Waals surface area contributed by atoms with E-state index in [1.165, 1.54) is 17.5 Å². The van der Waals surface area contributed by atoms with E-state index in [2.05, 4.69) is 50.1 Å². The molecule has 0 spiro atoms. The molecular weight excluding hydrogens is 222 g/mol. The number of hydrogen-bond donors (Lipinski definition) is 1. The quantitative estimate of drug-likeness (QED) is 0.765. The highest BCUT2D eigenvalue weighted by molar-refractivity contribution is 5.25. The van der Waals surface area contributed by atoms with Gasteiger partial charge in [0.15, 0.2) is 0 Å². The van der Waals surface area contributed by atoms with E-state index in [1.807, 2.05) is 0 Å². The normalized spacial score (nSPS) is 12.9. The van der Waals surface area contributed by atoms with Crippen molar-refractivity contribution in [2.45, 2.75) is 39.0 Å². The van der Waals surface area contributed by atoms with Gasteiger partial charge in [-0.1, -0.05) is 38.1 Å². The molecule has 0 aliphatic heterocycles. The Kier molecular flexibility index (Phi) is 6.99. The zero-order valence-electron chi connectivity index (χ0n) is 12.0. The molecule has 0 fully saturated rings. The SMILES string of the molecule is CCC(C)c1ccc(CCN(C)CCCO)cc1. The average Bonchev–Trinajstić information content (AvgIpc) is 2.42. The van der Waals surface area contributed by atoms with Crippen molar-refractivity contribution in [1.82, 2.24) is 4.90 Å². The van der Waals surface area contributed by atoms with E-state index in [9.17, 15) is 0 Å². The van der Waals surface area contributed by atoms with E-state index in [4.69, 9.17) is 5.11 Å². The van der Waals surface area contributed by atoms with Crippen LogP contribution < -0.4 is 0 Å². The summed E-state index contributed by atoms with van der Waals surface area (Å²) in [5.74, 6) is 0.659. The van der Waals surface area contributed by atoms with Crippen LogP contribution in [0.5, 0.6) is 0 Å². The largest absolute Gasteiger partial charge is 0.396 e. The van der Waals surface area contributed by atoms with Gasteiger partial charge in [0.25, 0.3) is 0 Å². The molecule has 2 nitrogen and oxygen atoms in total. The van der Waals surface area contributed by atoms with Gasteiger partial charge in [-0.05, 0) is 43.4 Å². The summed E-state index contributed by atoms with van der Waals surface area (Å²) in [6.45, 7) is 6.82. The zero-order valence-corrected chi connectivity index (χ0v) is 12.0. The number of rotatable bonds is 8. The minimum atomic E-state index is 0.286. The predicted octanol–water partition coefficient (Wildman–Crippen LogP) is 3.06. The smallest absolute Gasteiger partial charge is 0.0443 e. The van der Waals surface area contributed by atoms with Gasteiger partial charge in [0, 0.05) is 19.7 Å². The molecule has 2 heteroatoms. The van der Waals surface area contributed by atoms with Gasteiger partial charge in [-0.3, -0.25) is 0 Å². The molecule has 1 rings (SSSR count). The van der Waals surface area contributed by atoms with Crippen molar-refractivity contribution in [2.24, 2.45) is 0 Å². The van der Waals surface area contributed by atoms with Crippen LogP contribution in [0, 0.1) is 0 Å². The minimum absolute atomic E-state index is 0.286. The predicted molar refractivity (Wildman–Crippen MR) is 78.1 cm³/mol. The summed E-state index contributed by atoms with van der Waals surface area (Å²) in [4.78, 5) is 2.28. The summed E-state index contributed by atoms with van der Waals surface area (Å²) >= 11 is 0. The lowest BCUT2D eigenvalue weighted by molar-refractivity contribution is 0.248. The number of nitrogens with zero attached hydrogens (tertiary/aromatic N) is 1. The van der Waals surface area contributed by atoms with Crippen molar-refractivity contribution < 1.29 is 5.11 Å². The van der Waals surface area contributed by atoms with Crippen molar-refractivity contribution in [3.8, 4) is 0 Å². The Balaban J connectivity index is 2.39. The van der Waals surface area contributed by atoms with Gasteiger partial charge in [0.1, 0.15) is 0 Å². The van der Waals surface area contributed by atoms with Crippen LogP contribution in [0.2, 0.25) is 0 Å². The first-order chi connectivity index (χ1) is 8.67. The molecule has 0 aliphatic rings. The fourth-order valence-electron chi connectivity index (χ4n) is 2.02. The molecule has 1 unspecified atom stereocenters. The Morgan fingerprint density at radius 2 is 1.83 bits per heavy atom. The van der Waals surface area contributed by atoms with Gasteiger partial charge in [-0.25, -0.2) is 0 Å². The average molecular weight is 249 g/mol. The Bertz CT molecular complexity index is 320. The van der Waals surface area contributed by atoms with Crippen LogP contribution in [0.25, 0.3) is 0 Å². The molecule has 0 saturated heterocycles. The summed E-state index contributed by atoms with van der Waals surface area (Å²) in [6, 6.07) is 9.02. The molecule has 1 atom stereocenters. The lowest BCUT2D eigenvalue weighted by atomic mass is 9.97. The lowest BCUT2D eigenvalue weighted by Gasteiger charge is -2.16. The van der Waals surface area contributed by atoms with Crippen LogP contribution in [0.4, 0.5) is 0 Å². The third kappa shape index (κ3) is 5.19. The summed E-state index contributed by atoms with van der Waals surface area (Å²) in [5.41, 5.74) is 2.84. The maximum Gasteiger partial charge on any atom is 0.0443 e. The van der Waals surface area contributed by atoms with E-state index in [0.717, 1.165) is 25.9 Å². The van der Waals surface area contributed by atoms with Gasteiger partial charge in [-0.15, -0.1) is 0 Å². The maximum absolute atomic E-state index is 8.78. The third-order valence-corrected chi connectivity index (χ3v) is 3.64. The fraction of sp³-hybridized carbons (Fsp3) is 0.625. The van der Waals surface area contributed by atoms with Crippen molar-refractivity contribution in [3.05, 3.63) is 35.4 Å². The topological polar surface area (TPSA) is 23.5 Å². The maximum atomic E-state index is 8.78. The van der Waals surface area contributed by atoms with Crippen LogP contribution in [-0.4, -0.2) is 36.8 Å². The molecule has 0 saturated carbocycles. The summed E-state index contributed by atoms with van der Waals surface area (Å²) in [6.07, 6.45) is 3.15. The van der Waals surface area contributed by atoms with Crippen LogP contribution in [-0.2, 0) is 6.42 Å². The molecule has 0 amide bonds. The second-order valence-corrected chi connectivity index (χ2v) is 5.18. The first kappa shape index (κ1) is 15.2. The number of aliphatic hydroxyl groups excluding tert-OH is 1. The molecule has 0 aliphatic carbocycles. The summed E-state index contributed by atoms with van der Waals surface area (Å²) < 4.78 is 0. The molecule has 0 heterocycles. The zero-order chi connectivity index (χ0) is 13.4. The standard InChI is InChI=1S/C16H27NO/c1-4-14(2)16-8-6-15(7-9-16)10-12-17(3)11-5-13-18/h6-9,14,18H,4-5,10-13H2,1-3H3. The Morgan fingerprint density at radius 3 is 2.39 bits per heavy atom. The van der Waals surface area contributed by atoms with E-state index in [-0.39, 0.29) is 6.61 Å². The third-order valence-electron chi connectivity index (χ3n) is 3.64. The number of hydrogen-bond acceptors (Lipinski definition) is 2. The Labute approximate surface area is 112 Å². The first-order valence-corrected chi connectivity index (χ1v) is 7.05. The van der Waals surface area contributed by atoms with Crippen molar-refractivity contribution in [1.29, 1.82) is 0 Å². The van der Waals surface area contributed by atoms with Gasteiger partial charge in [0.2, 0.25) is 0 Å². The molecule has 1 aromatic carbocycles. The molecule has 0 radical (unpaired) electrons. The second kappa shape index (κ2) is 8.28. The van der Waals surface area contributed by atoms with E-state index < -0.39 is 0 Å². The highest BCUT2D eigenvalue weighted by Gasteiger charge is 2.03. The number of benzene rings is 1. The van der Waals surface area contributed by atoms with Crippen LogP contribution in [0.1, 0.15) is 43.7 Å². The monoisotopic (exact) mass is 249 g/mol. The van der Waals surface area contributed by atoms with E-state index >= 15 is 0 Å². The summed E-state index contributed by atoms with van der Waals surface area (Å²) in [7, 11) is 2.11. The minimum Gasteiger partial charge on any atom is -0.396 e. The molecule has 102 valence electrons. The highest BCUT2D eigenvalue weighted by atomic mass is 16.3. The van der Waals surface area contributed by atoms with Crippen molar-refractivity contribution >= 4 is 0 Å². The van der Waals surface area contributed by atoms with Crippen molar-refractivity contribution in [2.75, 3.05) is 26.7 Å².